The first-order valence-corrected chi connectivity index (χ1v) is 6.10. The van der Waals surface area contributed by atoms with Crippen LogP contribution in [-0.4, -0.2) is 36.2 Å². The molecule has 1 amide bonds. The van der Waals surface area contributed by atoms with Crippen molar-refractivity contribution in [2.24, 2.45) is 11.7 Å². The maximum absolute atomic E-state index is 11.9. The molecule has 0 radical (unpaired) electrons. The summed E-state index contributed by atoms with van der Waals surface area (Å²) < 4.78 is 5.37. The van der Waals surface area contributed by atoms with Crippen molar-refractivity contribution >= 4 is 6.09 Å². The fraction of sp³-hybridized carbons (Fsp3) is 0.917. The quantitative estimate of drug-likeness (QED) is 0.746. The molecule has 94 valence electrons. The third-order valence-electron chi connectivity index (χ3n) is 2.75. The van der Waals surface area contributed by atoms with Crippen molar-refractivity contribution in [2.45, 2.75) is 45.6 Å². The van der Waals surface area contributed by atoms with Crippen LogP contribution in [0.5, 0.6) is 0 Å². The summed E-state index contributed by atoms with van der Waals surface area (Å²) in [6, 6.07) is 0. The van der Waals surface area contributed by atoms with Gasteiger partial charge in [0, 0.05) is 13.1 Å². The Labute approximate surface area is 98.1 Å². The number of carbonyl (C=O) groups excluding carboxylic acids is 1. The molecule has 1 unspecified atom stereocenters. The average molecular weight is 228 g/mol. The van der Waals surface area contributed by atoms with Crippen LogP contribution >= 0.6 is 0 Å². The monoisotopic (exact) mass is 228 g/mol. The molecule has 4 nitrogen and oxygen atoms in total. The molecule has 0 aromatic carbocycles. The Bertz CT molecular complexity index is 236. The zero-order valence-corrected chi connectivity index (χ0v) is 10.7. The number of amides is 1. The Morgan fingerprint density at radius 1 is 1.44 bits per heavy atom. The van der Waals surface area contributed by atoms with Gasteiger partial charge in [0.2, 0.25) is 0 Å². The highest BCUT2D eigenvalue weighted by Gasteiger charge is 2.25. The molecule has 1 aliphatic heterocycles. The van der Waals surface area contributed by atoms with Gasteiger partial charge in [-0.25, -0.2) is 4.79 Å². The van der Waals surface area contributed by atoms with E-state index in [2.05, 4.69) is 0 Å². The molecule has 1 rings (SSSR count). The Balaban J connectivity index is 2.53. The Hall–Kier alpha value is -0.770. The molecule has 0 aromatic rings. The van der Waals surface area contributed by atoms with Crippen molar-refractivity contribution in [1.29, 1.82) is 0 Å². The molecule has 0 aromatic heterocycles. The second kappa shape index (κ2) is 5.53. The van der Waals surface area contributed by atoms with E-state index in [9.17, 15) is 4.79 Å². The third kappa shape index (κ3) is 4.39. The van der Waals surface area contributed by atoms with E-state index < -0.39 is 5.60 Å². The van der Waals surface area contributed by atoms with E-state index in [1.54, 1.807) is 4.90 Å². The van der Waals surface area contributed by atoms with Gasteiger partial charge in [-0.3, -0.25) is 0 Å². The summed E-state index contributed by atoms with van der Waals surface area (Å²) in [6.07, 6.45) is 3.13. The van der Waals surface area contributed by atoms with Gasteiger partial charge in [-0.1, -0.05) is 6.42 Å². The van der Waals surface area contributed by atoms with E-state index in [0.717, 1.165) is 32.4 Å². The molecule has 0 saturated carbocycles. The molecule has 0 spiro atoms. The van der Waals surface area contributed by atoms with Crippen LogP contribution in [0.4, 0.5) is 4.79 Å². The number of nitrogens with zero attached hydrogens (tertiary/aromatic N) is 1. The van der Waals surface area contributed by atoms with E-state index in [-0.39, 0.29) is 6.09 Å². The summed E-state index contributed by atoms with van der Waals surface area (Å²) in [6.45, 7) is 7.87. The summed E-state index contributed by atoms with van der Waals surface area (Å²) >= 11 is 0. The van der Waals surface area contributed by atoms with Crippen LogP contribution in [0.2, 0.25) is 0 Å². The fourth-order valence-corrected chi connectivity index (χ4v) is 1.91. The second-order valence-corrected chi connectivity index (χ2v) is 5.52. The number of ether oxygens (including phenoxy) is 1. The number of likely N-dealkylation sites (tertiary alicyclic amines) is 1. The van der Waals surface area contributed by atoms with Gasteiger partial charge >= 0.3 is 6.09 Å². The van der Waals surface area contributed by atoms with E-state index in [0.29, 0.717) is 12.5 Å². The highest BCUT2D eigenvalue weighted by atomic mass is 16.6. The minimum Gasteiger partial charge on any atom is -0.444 e. The van der Waals surface area contributed by atoms with Gasteiger partial charge in [-0.15, -0.1) is 0 Å². The standard InChI is InChI=1S/C12H24N2O2/c1-12(2,3)16-11(15)14-7-5-4-6-10(8-13)9-14/h10H,4-9,13H2,1-3H3. The Kier molecular flexibility index (Phi) is 4.59. The third-order valence-corrected chi connectivity index (χ3v) is 2.75. The Morgan fingerprint density at radius 2 is 2.12 bits per heavy atom. The van der Waals surface area contributed by atoms with Crippen molar-refractivity contribution in [3.8, 4) is 0 Å². The van der Waals surface area contributed by atoms with Crippen LogP contribution in [0.15, 0.2) is 0 Å². The summed E-state index contributed by atoms with van der Waals surface area (Å²) in [5.74, 6) is 0.426. The summed E-state index contributed by atoms with van der Waals surface area (Å²) in [5, 5.41) is 0. The normalized spacial score (nSPS) is 22.8. The smallest absolute Gasteiger partial charge is 0.410 e. The maximum Gasteiger partial charge on any atom is 0.410 e. The number of hydrogen-bond acceptors (Lipinski definition) is 3. The minimum absolute atomic E-state index is 0.201. The van der Waals surface area contributed by atoms with E-state index >= 15 is 0 Å². The van der Waals surface area contributed by atoms with Gasteiger partial charge in [0.25, 0.3) is 0 Å². The van der Waals surface area contributed by atoms with E-state index in [4.69, 9.17) is 10.5 Å². The van der Waals surface area contributed by atoms with E-state index in [1.165, 1.54) is 0 Å². The summed E-state index contributed by atoms with van der Waals surface area (Å²) in [7, 11) is 0. The van der Waals surface area contributed by atoms with Gasteiger partial charge in [0.1, 0.15) is 5.60 Å². The first kappa shape index (κ1) is 13.3. The number of carbonyl (C=O) groups is 1. The maximum atomic E-state index is 11.9. The van der Waals surface area contributed by atoms with Crippen molar-refractivity contribution in [2.75, 3.05) is 19.6 Å². The second-order valence-electron chi connectivity index (χ2n) is 5.52. The zero-order valence-electron chi connectivity index (χ0n) is 10.7. The molecule has 2 N–H and O–H groups in total. The van der Waals surface area contributed by atoms with E-state index in [1.807, 2.05) is 20.8 Å². The average Bonchev–Trinajstić information content (AvgIpc) is 2.39. The number of hydrogen-bond donors (Lipinski definition) is 1. The highest BCUT2D eigenvalue weighted by molar-refractivity contribution is 5.68. The van der Waals surface area contributed by atoms with Crippen LogP contribution in [-0.2, 0) is 4.74 Å². The minimum atomic E-state index is -0.415. The Morgan fingerprint density at radius 3 is 2.69 bits per heavy atom. The van der Waals surface area contributed by atoms with Gasteiger partial charge in [0.05, 0.1) is 0 Å². The molecule has 1 saturated heterocycles. The topological polar surface area (TPSA) is 55.6 Å². The molecule has 1 atom stereocenters. The lowest BCUT2D eigenvalue weighted by atomic mass is 10.0. The number of nitrogens with two attached hydrogens (primary N) is 1. The molecule has 1 aliphatic rings. The van der Waals surface area contributed by atoms with Crippen molar-refractivity contribution in [3.05, 3.63) is 0 Å². The predicted molar refractivity (Wildman–Crippen MR) is 64.2 cm³/mol. The van der Waals surface area contributed by atoms with Crippen LogP contribution in [0.1, 0.15) is 40.0 Å². The molecular formula is C12H24N2O2. The fourth-order valence-electron chi connectivity index (χ4n) is 1.91. The highest BCUT2D eigenvalue weighted by Crippen LogP contribution is 2.18. The SMILES string of the molecule is CC(C)(C)OC(=O)N1CCCCC(CN)C1. The van der Waals surface area contributed by atoms with Gasteiger partial charge in [-0.05, 0) is 46.1 Å². The van der Waals surface area contributed by atoms with Crippen molar-refractivity contribution in [1.82, 2.24) is 4.90 Å². The van der Waals surface area contributed by atoms with Crippen LogP contribution < -0.4 is 5.73 Å². The lowest BCUT2D eigenvalue weighted by Gasteiger charge is -2.28. The zero-order chi connectivity index (χ0) is 12.2. The number of rotatable bonds is 1. The van der Waals surface area contributed by atoms with Crippen LogP contribution in [0.25, 0.3) is 0 Å². The van der Waals surface area contributed by atoms with Gasteiger partial charge in [0.15, 0.2) is 0 Å². The predicted octanol–water partition coefficient (Wildman–Crippen LogP) is 1.98. The molecule has 16 heavy (non-hydrogen) atoms. The molecule has 0 bridgehead atoms. The van der Waals surface area contributed by atoms with Gasteiger partial charge < -0.3 is 15.4 Å². The van der Waals surface area contributed by atoms with Crippen LogP contribution in [0.3, 0.4) is 0 Å². The van der Waals surface area contributed by atoms with Crippen LogP contribution in [0, 0.1) is 5.92 Å². The van der Waals surface area contributed by atoms with Crippen molar-refractivity contribution in [3.63, 3.8) is 0 Å². The lowest BCUT2D eigenvalue weighted by molar-refractivity contribution is 0.0236. The largest absolute Gasteiger partial charge is 0.444 e. The van der Waals surface area contributed by atoms with Gasteiger partial charge in [-0.2, -0.15) is 0 Å². The molecule has 1 fully saturated rings. The van der Waals surface area contributed by atoms with Crippen molar-refractivity contribution < 1.29 is 9.53 Å². The first-order valence-electron chi connectivity index (χ1n) is 6.10. The summed E-state index contributed by atoms with van der Waals surface area (Å²) in [4.78, 5) is 13.7. The molecule has 4 heteroatoms. The first-order chi connectivity index (χ1) is 7.42. The molecule has 1 heterocycles. The molecular weight excluding hydrogens is 204 g/mol. The summed E-state index contributed by atoms with van der Waals surface area (Å²) in [5.41, 5.74) is 5.27. The lowest BCUT2D eigenvalue weighted by Crippen LogP contribution is -2.40. The molecule has 0 aliphatic carbocycles.